The van der Waals surface area contributed by atoms with Gasteiger partial charge in [-0.15, -0.1) is 0 Å². The quantitative estimate of drug-likeness (QED) is 0.103. The molecule has 0 unspecified atom stereocenters. The Kier molecular flexibility index (Phi) is 23.9. The van der Waals surface area contributed by atoms with Crippen LogP contribution in [0.15, 0.2) is 0 Å². The first kappa shape index (κ1) is 30.1. The highest BCUT2D eigenvalue weighted by molar-refractivity contribution is 6.67. The summed E-state index contributed by atoms with van der Waals surface area (Å²) in [6, 6.07) is 2.36. The summed E-state index contributed by atoms with van der Waals surface area (Å²) < 4.78 is 11.8. The number of unbranched alkanes of at least 4 members (excludes halogenated alkanes) is 19. The van der Waals surface area contributed by atoms with Crippen LogP contribution in [0.5, 0.6) is 0 Å². The summed E-state index contributed by atoms with van der Waals surface area (Å²) in [5, 5.41) is 0. The van der Waals surface area contributed by atoms with Crippen LogP contribution in [0.1, 0.15) is 149 Å². The minimum atomic E-state index is -1.89. The summed E-state index contributed by atoms with van der Waals surface area (Å²) in [5.74, 6) is 0. The molecule has 0 aromatic rings. The van der Waals surface area contributed by atoms with E-state index in [9.17, 15) is 0 Å². The van der Waals surface area contributed by atoms with E-state index in [0.717, 1.165) is 0 Å². The van der Waals surface area contributed by atoms with Gasteiger partial charge in [-0.2, -0.15) is 0 Å². The van der Waals surface area contributed by atoms with Gasteiger partial charge in [0.1, 0.15) is 0 Å². The second-order valence-electron chi connectivity index (χ2n) is 9.54. The fraction of sp³-hybridized carbons (Fsp3) is 1.00. The summed E-state index contributed by atoms with van der Waals surface area (Å²) in [5.41, 5.74) is 0. The Balaban J connectivity index is 3.35. The molecule has 30 heavy (non-hydrogen) atoms. The van der Waals surface area contributed by atoms with Crippen LogP contribution in [-0.4, -0.2) is 22.8 Å². The minimum Gasteiger partial charge on any atom is -0.398 e. The molecule has 0 aliphatic carbocycles. The molecule has 0 rings (SSSR count). The van der Waals surface area contributed by atoms with Crippen molar-refractivity contribution in [2.24, 2.45) is 0 Å². The Morgan fingerprint density at radius 3 is 0.900 bits per heavy atom. The zero-order chi connectivity index (χ0) is 22.2. The Morgan fingerprint density at radius 1 is 0.367 bits per heavy atom. The third-order valence-electron chi connectivity index (χ3n) is 6.82. The van der Waals surface area contributed by atoms with Crippen LogP contribution in [0.2, 0.25) is 12.1 Å². The second-order valence-corrected chi connectivity index (χ2v) is 13.2. The molecule has 0 bridgehead atoms. The lowest BCUT2D eigenvalue weighted by atomic mass is 10.0. The zero-order valence-electron chi connectivity index (χ0n) is 21.6. The highest BCUT2D eigenvalue weighted by atomic mass is 28.4. The average molecular weight is 443 g/mol. The van der Waals surface area contributed by atoms with E-state index < -0.39 is 8.56 Å². The van der Waals surface area contributed by atoms with Crippen molar-refractivity contribution in [2.75, 3.05) is 14.2 Å². The topological polar surface area (TPSA) is 18.5 Å². The monoisotopic (exact) mass is 442 g/mol. The van der Waals surface area contributed by atoms with Crippen molar-refractivity contribution in [3.05, 3.63) is 0 Å². The highest BCUT2D eigenvalue weighted by Crippen LogP contribution is 2.24. The van der Waals surface area contributed by atoms with Gasteiger partial charge in [0.2, 0.25) is 0 Å². The van der Waals surface area contributed by atoms with Crippen LogP contribution in [0.4, 0.5) is 0 Å². The molecule has 0 amide bonds. The van der Waals surface area contributed by atoms with E-state index in [1.54, 1.807) is 0 Å². The number of rotatable bonds is 25. The van der Waals surface area contributed by atoms with Crippen LogP contribution in [0.25, 0.3) is 0 Å². The van der Waals surface area contributed by atoms with Gasteiger partial charge in [0, 0.05) is 14.2 Å². The third kappa shape index (κ3) is 18.9. The molecule has 0 fully saturated rings. The van der Waals surface area contributed by atoms with Crippen molar-refractivity contribution in [1.29, 1.82) is 0 Å². The van der Waals surface area contributed by atoms with E-state index in [2.05, 4.69) is 13.8 Å². The van der Waals surface area contributed by atoms with Gasteiger partial charge in [0.05, 0.1) is 0 Å². The summed E-state index contributed by atoms with van der Waals surface area (Å²) in [6.07, 6.45) is 29.7. The van der Waals surface area contributed by atoms with E-state index in [0.29, 0.717) is 0 Å². The molecule has 182 valence electrons. The Hall–Kier alpha value is 0.137. The van der Waals surface area contributed by atoms with Gasteiger partial charge in [0.15, 0.2) is 0 Å². The van der Waals surface area contributed by atoms with Crippen molar-refractivity contribution in [1.82, 2.24) is 0 Å². The summed E-state index contributed by atoms with van der Waals surface area (Å²) >= 11 is 0. The summed E-state index contributed by atoms with van der Waals surface area (Å²) in [6.45, 7) is 4.56. The van der Waals surface area contributed by atoms with Crippen LogP contribution in [0, 0.1) is 0 Å². The van der Waals surface area contributed by atoms with E-state index >= 15 is 0 Å². The van der Waals surface area contributed by atoms with Crippen molar-refractivity contribution in [3.8, 4) is 0 Å². The fourth-order valence-corrected chi connectivity index (χ4v) is 7.37. The van der Waals surface area contributed by atoms with E-state index in [-0.39, 0.29) is 0 Å². The molecule has 0 saturated carbocycles. The lowest BCUT2D eigenvalue weighted by Gasteiger charge is -2.27. The van der Waals surface area contributed by atoms with E-state index in [1.165, 1.54) is 147 Å². The molecule has 0 N–H and O–H groups in total. The molecule has 2 nitrogen and oxygen atoms in total. The molecular formula is C27H58O2Si. The molecule has 0 heterocycles. The van der Waals surface area contributed by atoms with Crippen LogP contribution in [0.3, 0.4) is 0 Å². The van der Waals surface area contributed by atoms with Gasteiger partial charge in [-0.1, -0.05) is 149 Å². The smallest absolute Gasteiger partial charge is 0.337 e. The van der Waals surface area contributed by atoms with Crippen LogP contribution >= 0.6 is 0 Å². The number of hydrogen-bond donors (Lipinski definition) is 0. The van der Waals surface area contributed by atoms with E-state index in [1.807, 2.05) is 14.2 Å². The molecule has 0 aromatic carbocycles. The molecule has 0 aliphatic heterocycles. The maximum atomic E-state index is 5.88. The van der Waals surface area contributed by atoms with Gasteiger partial charge >= 0.3 is 8.56 Å². The Morgan fingerprint density at radius 2 is 0.600 bits per heavy atom. The first-order chi connectivity index (χ1) is 14.7. The highest BCUT2D eigenvalue weighted by Gasteiger charge is 2.33. The van der Waals surface area contributed by atoms with Crippen LogP contribution < -0.4 is 0 Å². The van der Waals surface area contributed by atoms with Gasteiger partial charge in [-0.3, -0.25) is 0 Å². The summed E-state index contributed by atoms with van der Waals surface area (Å²) in [4.78, 5) is 0. The predicted molar refractivity (Wildman–Crippen MR) is 138 cm³/mol. The van der Waals surface area contributed by atoms with Gasteiger partial charge < -0.3 is 8.85 Å². The van der Waals surface area contributed by atoms with Gasteiger partial charge in [-0.05, 0) is 12.1 Å². The fourth-order valence-electron chi connectivity index (χ4n) is 4.56. The number of hydrogen-bond acceptors (Lipinski definition) is 2. The molecule has 3 heteroatoms. The van der Waals surface area contributed by atoms with Crippen molar-refractivity contribution >= 4 is 8.56 Å². The standard InChI is InChI=1S/C27H58O2Si/c1-5-7-9-10-11-12-13-14-15-16-17-18-19-20-21-22-23-25-27-30(28-3,29-4)26-24-8-6-2/h5-27H2,1-4H3. The van der Waals surface area contributed by atoms with E-state index in [4.69, 9.17) is 8.85 Å². The maximum absolute atomic E-state index is 5.88. The first-order valence-corrected chi connectivity index (χ1v) is 16.1. The van der Waals surface area contributed by atoms with Crippen molar-refractivity contribution in [3.63, 3.8) is 0 Å². The second kappa shape index (κ2) is 23.8. The largest absolute Gasteiger partial charge is 0.398 e. The molecule has 0 aromatic heterocycles. The van der Waals surface area contributed by atoms with Gasteiger partial charge in [0.25, 0.3) is 0 Å². The molecule has 0 spiro atoms. The Bertz CT molecular complexity index is 318. The molecule has 0 saturated heterocycles. The normalized spacial score (nSPS) is 12.0. The Labute approximate surface area is 192 Å². The average Bonchev–Trinajstić information content (AvgIpc) is 2.77. The molecule has 0 radical (unpaired) electrons. The van der Waals surface area contributed by atoms with Crippen molar-refractivity contribution < 1.29 is 8.85 Å². The zero-order valence-corrected chi connectivity index (χ0v) is 22.6. The predicted octanol–water partition coefficient (Wildman–Crippen LogP) is 9.95. The molecule has 0 atom stereocenters. The first-order valence-electron chi connectivity index (χ1n) is 13.8. The van der Waals surface area contributed by atoms with Crippen molar-refractivity contribution in [2.45, 2.75) is 161 Å². The molecular weight excluding hydrogens is 384 g/mol. The third-order valence-corrected chi connectivity index (χ3v) is 10.5. The SMILES string of the molecule is CCCCCCCCCCCCCCCCCCCC[Si](CCCCC)(OC)OC. The minimum absolute atomic E-state index is 1.17. The van der Waals surface area contributed by atoms with Crippen LogP contribution in [-0.2, 0) is 8.85 Å². The lowest BCUT2D eigenvalue weighted by molar-refractivity contribution is 0.238. The summed E-state index contributed by atoms with van der Waals surface area (Å²) in [7, 11) is 1.85. The lowest BCUT2D eigenvalue weighted by Crippen LogP contribution is -2.39. The maximum Gasteiger partial charge on any atom is 0.337 e. The van der Waals surface area contributed by atoms with Gasteiger partial charge in [-0.25, -0.2) is 0 Å². The molecule has 0 aliphatic rings.